The highest BCUT2D eigenvalue weighted by Crippen LogP contribution is 2.52. The topological polar surface area (TPSA) is 65.2 Å². The SMILES string of the molecule is COC(=O)CC1(CSc2ccc(N)c(C)n2)CC1. The van der Waals surface area contributed by atoms with Crippen molar-refractivity contribution in [1.82, 2.24) is 4.98 Å². The predicted octanol–water partition coefficient (Wildman–Crippen LogP) is 2.41. The molecule has 1 aromatic rings. The number of hydrogen-bond donors (Lipinski definition) is 1. The van der Waals surface area contributed by atoms with Gasteiger partial charge in [0.05, 0.1) is 29.9 Å². The van der Waals surface area contributed by atoms with Gasteiger partial charge in [-0.25, -0.2) is 4.98 Å². The summed E-state index contributed by atoms with van der Waals surface area (Å²) in [7, 11) is 1.44. The molecule has 1 fully saturated rings. The number of carbonyl (C=O) groups is 1. The second-order valence-corrected chi connectivity index (χ2v) is 5.86. The number of rotatable bonds is 5. The fourth-order valence-electron chi connectivity index (χ4n) is 1.78. The van der Waals surface area contributed by atoms with Gasteiger partial charge in [-0.1, -0.05) is 0 Å². The lowest BCUT2D eigenvalue weighted by atomic mass is 10.1. The molecular formula is C13H18N2O2S. The average molecular weight is 266 g/mol. The van der Waals surface area contributed by atoms with Crippen LogP contribution in [0.3, 0.4) is 0 Å². The second kappa shape index (κ2) is 5.18. The molecule has 0 aliphatic heterocycles. The number of pyridine rings is 1. The normalized spacial score (nSPS) is 16.3. The third-order valence-electron chi connectivity index (χ3n) is 3.33. The fraction of sp³-hybridized carbons (Fsp3) is 0.538. The third-order valence-corrected chi connectivity index (χ3v) is 4.61. The number of thioether (sulfide) groups is 1. The molecule has 0 radical (unpaired) electrons. The van der Waals surface area contributed by atoms with Crippen molar-refractivity contribution in [2.24, 2.45) is 5.41 Å². The van der Waals surface area contributed by atoms with Gasteiger partial charge in [0.2, 0.25) is 0 Å². The van der Waals surface area contributed by atoms with Gasteiger partial charge in [-0.2, -0.15) is 0 Å². The van der Waals surface area contributed by atoms with E-state index in [0.717, 1.165) is 35.0 Å². The molecule has 1 aliphatic carbocycles. The number of aromatic nitrogens is 1. The lowest BCUT2D eigenvalue weighted by molar-refractivity contribution is -0.141. The van der Waals surface area contributed by atoms with Crippen molar-refractivity contribution in [2.45, 2.75) is 31.2 Å². The van der Waals surface area contributed by atoms with E-state index in [1.807, 2.05) is 19.1 Å². The van der Waals surface area contributed by atoms with Gasteiger partial charge >= 0.3 is 5.97 Å². The summed E-state index contributed by atoms with van der Waals surface area (Å²) in [4.78, 5) is 15.7. The van der Waals surface area contributed by atoms with E-state index in [-0.39, 0.29) is 11.4 Å². The molecule has 2 N–H and O–H groups in total. The Morgan fingerprint density at radius 1 is 1.56 bits per heavy atom. The first-order valence-electron chi connectivity index (χ1n) is 5.97. The van der Waals surface area contributed by atoms with Crippen molar-refractivity contribution < 1.29 is 9.53 Å². The molecular weight excluding hydrogens is 248 g/mol. The highest BCUT2D eigenvalue weighted by Gasteiger charge is 2.44. The molecule has 1 aromatic heterocycles. The quantitative estimate of drug-likeness (QED) is 0.655. The first-order valence-corrected chi connectivity index (χ1v) is 6.96. The lowest BCUT2D eigenvalue weighted by Gasteiger charge is -2.13. The Hall–Kier alpha value is -1.23. The van der Waals surface area contributed by atoms with Crippen LogP contribution in [-0.4, -0.2) is 23.8 Å². The van der Waals surface area contributed by atoms with Crippen LogP contribution in [0.4, 0.5) is 5.69 Å². The Kier molecular flexibility index (Phi) is 3.80. The van der Waals surface area contributed by atoms with E-state index in [2.05, 4.69) is 4.98 Å². The molecule has 1 saturated carbocycles. The summed E-state index contributed by atoms with van der Waals surface area (Å²) in [6.45, 7) is 1.90. The highest BCUT2D eigenvalue weighted by molar-refractivity contribution is 7.99. The van der Waals surface area contributed by atoms with Gasteiger partial charge in [0, 0.05) is 5.75 Å². The van der Waals surface area contributed by atoms with Crippen LogP contribution < -0.4 is 5.73 Å². The molecule has 0 spiro atoms. The minimum absolute atomic E-state index is 0.116. The molecule has 0 amide bonds. The first-order chi connectivity index (χ1) is 8.54. The molecule has 2 rings (SSSR count). The molecule has 1 heterocycles. The maximum atomic E-state index is 11.3. The Labute approximate surface area is 111 Å². The third kappa shape index (κ3) is 3.16. The van der Waals surface area contributed by atoms with Gasteiger partial charge < -0.3 is 10.5 Å². The maximum absolute atomic E-state index is 11.3. The Morgan fingerprint density at radius 3 is 2.83 bits per heavy atom. The number of nitrogens with two attached hydrogens (primary N) is 1. The van der Waals surface area contributed by atoms with Crippen molar-refractivity contribution in [2.75, 3.05) is 18.6 Å². The molecule has 1 aliphatic rings. The maximum Gasteiger partial charge on any atom is 0.306 e. The number of nitrogens with zero attached hydrogens (tertiary/aromatic N) is 1. The minimum Gasteiger partial charge on any atom is -0.469 e. The summed E-state index contributed by atoms with van der Waals surface area (Å²) >= 11 is 1.69. The van der Waals surface area contributed by atoms with Crippen LogP contribution in [0, 0.1) is 12.3 Å². The average Bonchev–Trinajstić information content (AvgIpc) is 3.11. The molecule has 0 saturated heterocycles. The number of anilines is 1. The van der Waals surface area contributed by atoms with E-state index >= 15 is 0 Å². The van der Waals surface area contributed by atoms with Gasteiger partial charge in [-0.05, 0) is 37.3 Å². The Morgan fingerprint density at radius 2 is 2.28 bits per heavy atom. The second-order valence-electron chi connectivity index (χ2n) is 4.87. The summed E-state index contributed by atoms with van der Waals surface area (Å²) in [5.41, 5.74) is 7.44. The zero-order chi connectivity index (χ0) is 13.2. The van der Waals surface area contributed by atoms with Gasteiger partial charge in [-0.3, -0.25) is 4.79 Å². The standard InChI is InChI=1S/C13H18N2O2S/c1-9-10(14)3-4-11(15-9)18-8-13(5-6-13)7-12(16)17-2/h3-4H,5-8,14H2,1-2H3. The van der Waals surface area contributed by atoms with E-state index in [9.17, 15) is 4.79 Å². The Balaban J connectivity index is 1.91. The molecule has 0 bridgehead atoms. The van der Waals surface area contributed by atoms with Crippen LogP contribution >= 0.6 is 11.8 Å². The summed E-state index contributed by atoms with van der Waals surface area (Å²) in [5.74, 6) is 0.799. The number of esters is 1. The predicted molar refractivity (Wildman–Crippen MR) is 72.4 cm³/mol. The van der Waals surface area contributed by atoms with Crippen molar-refractivity contribution in [3.63, 3.8) is 0 Å². The van der Waals surface area contributed by atoms with E-state index in [0.29, 0.717) is 6.42 Å². The minimum atomic E-state index is -0.116. The van der Waals surface area contributed by atoms with Crippen LogP contribution in [0.25, 0.3) is 0 Å². The molecule has 0 aromatic carbocycles. The van der Waals surface area contributed by atoms with Crippen molar-refractivity contribution in [3.8, 4) is 0 Å². The molecule has 4 nitrogen and oxygen atoms in total. The van der Waals surface area contributed by atoms with Crippen LogP contribution in [-0.2, 0) is 9.53 Å². The first kappa shape index (κ1) is 13.2. The van der Waals surface area contributed by atoms with Crippen LogP contribution in [0.2, 0.25) is 0 Å². The zero-order valence-corrected chi connectivity index (χ0v) is 11.5. The zero-order valence-electron chi connectivity index (χ0n) is 10.7. The number of aryl methyl sites for hydroxylation is 1. The molecule has 98 valence electrons. The van der Waals surface area contributed by atoms with Crippen molar-refractivity contribution in [3.05, 3.63) is 17.8 Å². The van der Waals surface area contributed by atoms with Gasteiger partial charge in [0.25, 0.3) is 0 Å². The summed E-state index contributed by atoms with van der Waals surface area (Å²) in [6.07, 6.45) is 2.72. The van der Waals surface area contributed by atoms with Gasteiger partial charge in [-0.15, -0.1) is 11.8 Å². The molecule has 5 heteroatoms. The number of nitrogen functional groups attached to an aromatic ring is 1. The van der Waals surface area contributed by atoms with E-state index < -0.39 is 0 Å². The van der Waals surface area contributed by atoms with Gasteiger partial charge in [0.1, 0.15) is 0 Å². The Bertz CT molecular complexity index is 458. The van der Waals surface area contributed by atoms with Gasteiger partial charge in [0.15, 0.2) is 0 Å². The van der Waals surface area contributed by atoms with E-state index in [1.165, 1.54) is 7.11 Å². The monoisotopic (exact) mass is 266 g/mol. The lowest BCUT2D eigenvalue weighted by Crippen LogP contribution is -2.13. The van der Waals surface area contributed by atoms with E-state index in [1.54, 1.807) is 11.8 Å². The fourth-order valence-corrected chi connectivity index (χ4v) is 2.99. The summed E-state index contributed by atoms with van der Waals surface area (Å²) < 4.78 is 4.73. The largest absolute Gasteiger partial charge is 0.469 e. The summed E-state index contributed by atoms with van der Waals surface area (Å²) in [5, 5.41) is 0.970. The molecule has 18 heavy (non-hydrogen) atoms. The summed E-state index contributed by atoms with van der Waals surface area (Å²) in [6, 6.07) is 3.81. The highest BCUT2D eigenvalue weighted by atomic mass is 32.2. The molecule has 0 atom stereocenters. The van der Waals surface area contributed by atoms with Crippen LogP contribution in [0.5, 0.6) is 0 Å². The number of methoxy groups -OCH3 is 1. The van der Waals surface area contributed by atoms with Crippen molar-refractivity contribution in [1.29, 1.82) is 0 Å². The number of hydrogen-bond acceptors (Lipinski definition) is 5. The van der Waals surface area contributed by atoms with Crippen LogP contribution in [0.15, 0.2) is 17.2 Å². The number of ether oxygens (including phenoxy) is 1. The van der Waals surface area contributed by atoms with Crippen LogP contribution in [0.1, 0.15) is 25.0 Å². The van der Waals surface area contributed by atoms with E-state index in [4.69, 9.17) is 10.5 Å². The smallest absolute Gasteiger partial charge is 0.306 e. The molecule has 0 unspecified atom stereocenters. The van der Waals surface area contributed by atoms with Crippen molar-refractivity contribution >= 4 is 23.4 Å². The number of carbonyl (C=O) groups excluding carboxylic acids is 1.